The lowest BCUT2D eigenvalue weighted by molar-refractivity contribution is 0.153. The molecule has 3 heterocycles. The Labute approximate surface area is 222 Å². The van der Waals surface area contributed by atoms with Crippen molar-refractivity contribution in [1.82, 2.24) is 30.2 Å². The number of halogens is 1. The molecule has 1 aliphatic rings. The van der Waals surface area contributed by atoms with Crippen molar-refractivity contribution in [2.24, 2.45) is 0 Å². The highest BCUT2D eigenvalue weighted by Gasteiger charge is 2.28. The summed E-state index contributed by atoms with van der Waals surface area (Å²) in [6.07, 6.45) is 6.70. The second-order valence-corrected chi connectivity index (χ2v) is 9.93. The van der Waals surface area contributed by atoms with Crippen molar-refractivity contribution in [3.63, 3.8) is 0 Å². The van der Waals surface area contributed by atoms with E-state index in [0.29, 0.717) is 18.7 Å². The van der Waals surface area contributed by atoms with Gasteiger partial charge in [-0.1, -0.05) is 48.5 Å². The molecule has 7 heteroatoms. The van der Waals surface area contributed by atoms with E-state index in [2.05, 4.69) is 56.6 Å². The lowest BCUT2D eigenvalue weighted by atomic mass is 9.90. The topological polar surface area (TPSA) is 69.7 Å². The number of para-hydroxylation sites is 2. The van der Waals surface area contributed by atoms with Crippen LogP contribution in [0.4, 0.5) is 4.39 Å². The van der Waals surface area contributed by atoms with Gasteiger partial charge in [0.05, 0.1) is 29.3 Å². The van der Waals surface area contributed by atoms with E-state index in [1.165, 1.54) is 23.0 Å². The van der Waals surface area contributed by atoms with Crippen molar-refractivity contribution in [3.05, 3.63) is 125 Å². The molecule has 6 rings (SSSR count). The average molecular weight is 507 g/mol. The maximum Gasteiger partial charge on any atom is 0.217 e. The Morgan fingerprint density at radius 2 is 1.68 bits per heavy atom. The second kappa shape index (κ2) is 11.2. The molecule has 0 saturated carbocycles. The third-order valence-electron chi connectivity index (χ3n) is 7.29. The molecule has 0 saturated heterocycles. The minimum absolute atomic E-state index is 0.240. The normalized spacial score (nSPS) is 15.2. The Hall–Kier alpha value is -3.94. The molecule has 192 valence electrons. The van der Waals surface area contributed by atoms with E-state index in [1.807, 2.05) is 30.5 Å². The van der Waals surface area contributed by atoms with Crippen molar-refractivity contribution in [2.45, 2.75) is 51.5 Å². The minimum atomic E-state index is -0.418. The van der Waals surface area contributed by atoms with Crippen molar-refractivity contribution < 1.29 is 4.39 Å². The van der Waals surface area contributed by atoms with Gasteiger partial charge in [-0.15, -0.1) is 0 Å². The van der Waals surface area contributed by atoms with Crippen LogP contribution in [0.5, 0.6) is 0 Å². The monoisotopic (exact) mass is 506 g/mol. The van der Waals surface area contributed by atoms with Crippen LogP contribution in [0.15, 0.2) is 85.2 Å². The van der Waals surface area contributed by atoms with Crippen LogP contribution in [0.3, 0.4) is 0 Å². The summed E-state index contributed by atoms with van der Waals surface area (Å²) >= 11 is 0. The Balaban J connectivity index is 1.19. The first-order valence-corrected chi connectivity index (χ1v) is 13.2. The standard InChI is InChI=1S/C31H31FN6/c32-31-25(8-5-17-35-31)19-33-18-22-12-14-23(15-13-22)20-38(21-29-36-26-9-1-2-10-27(26)37-29)28-11-3-6-24-7-4-16-34-30(24)28/h1-2,4-5,7-10,12-17,28,33H,3,6,11,18-21H2,(H,36,37). The van der Waals surface area contributed by atoms with Gasteiger partial charge in [0.1, 0.15) is 5.82 Å². The van der Waals surface area contributed by atoms with Crippen LogP contribution in [-0.2, 0) is 32.6 Å². The molecule has 3 aromatic heterocycles. The molecule has 38 heavy (non-hydrogen) atoms. The Morgan fingerprint density at radius 1 is 0.868 bits per heavy atom. The molecule has 0 bridgehead atoms. The molecule has 5 aromatic rings. The van der Waals surface area contributed by atoms with Gasteiger partial charge in [-0.25, -0.2) is 9.97 Å². The molecular formula is C31H31FN6. The van der Waals surface area contributed by atoms with Gasteiger partial charge in [-0.2, -0.15) is 4.39 Å². The molecule has 0 aliphatic heterocycles. The molecule has 1 atom stereocenters. The van der Waals surface area contributed by atoms with Gasteiger partial charge in [-0.05, 0) is 60.2 Å². The Bertz CT molecular complexity index is 1480. The number of hydrogen-bond donors (Lipinski definition) is 2. The predicted molar refractivity (Wildman–Crippen MR) is 146 cm³/mol. The van der Waals surface area contributed by atoms with Gasteiger partial charge in [0.2, 0.25) is 5.95 Å². The molecule has 2 N–H and O–H groups in total. The SMILES string of the molecule is Fc1ncccc1CNCc1ccc(CN(Cc2nc3ccccc3[nH]2)C2CCCc3cccnc32)cc1. The van der Waals surface area contributed by atoms with Crippen molar-refractivity contribution in [1.29, 1.82) is 0 Å². The van der Waals surface area contributed by atoms with Crippen LogP contribution < -0.4 is 5.32 Å². The number of aromatic nitrogens is 4. The minimum Gasteiger partial charge on any atom is -0.341 e. The van der Waals surface area contributed by atoms with Gasteiger partial charge < -0.3 is 10.3 Å². The Morgan fingerprint density at radius 3 is 2.55 bits per heavy atom. The molecular weight excluding hydrogens is 475 g/mol. The fourth-order valence-electron chi connectivity index (χ4n) is 5.38. The lowest BCUT2D eigenvalue weighted by Crippen LogP contribution is -2.31. The third kappa shape index (κ3) is 5.49. The van der Waals surface area contributed by atoms with Gasteiger partial charge in [-0.3, -0.25) is 9.88 Å². The quantitative estimate of drug-likeness (QED) is 0.245. The number of rotatable bonds is 9. The summed E-state index contributed by atoms with van der Waals surface area (Å²) in [5.74, 6) is 0.552. The van der Waals surface area contributed by atoms with E-state index in [-0.39, 0.29) is 6.04 Å². The summed E-state index contributed by atoms with van der Waals surface area (Å²) in [5, 5.41) is 3.32. The number of imidazole rings is 1. The largest absolute Gasteiger partial charge is 0.341 e. The lowest BCUT2D eigenvalue weighted by Gasteiger charge is -2.34. The number of fused-ring (bicyclic) bond motifs is 2. The van der Waals surface area contributed by atoms with E-state index in [1.54, 1.807) is 12.1 Å². The maximum absolute atomic E-state index is 13.8. The molecule has 1 unspecified atom stereocenters. The number of benzene rings is 2. The molecule has 0 radical (unpaired) electrons. The first-order valence-electron chi connectivity index (χ1n) is 13.2. The first-order chi connectivity index (χ1) is 18.7. The van der Waals surface area contributed by atoms with Crippen LogP contribution in [0.1, 0.15) is 52.7 Å². The number of pyridine rings is 2. The fraction of sp³-hybridized carbons (Fsp3) is 0.258. The van der Waals surface area contributed by atoms with Gasteiger partial charge in [0.25, 0.3) is 0 Å². The molecule has 0 spiro atoms. The highest BCUT2D eigenvalue weighted by atomic mass is 19.1. The second-order valence-electron chi connectivity index (χ2n) is 9.93. The van der Waals surface area contributed by atoms with Gasteiger partial charge >= 0.3 is 0 Å². The van der Waals surface area contributed by atoms with Crippen LogP contribution in [0.2, 0.25) is 0 Å². The van der Waals surface area contributed by atoms with Crippen LogP contribution in [-0.4, -0.2) is 24.8 Å². The Kier molecular flexibility index (Phi) is 7.20. The molecule has 6 nitrogen and oxygen atoms in total. The summed E-state index contributed by atoms with van der Waals surface area (Å²) in [6.45, 7) is 2.62. The van der Waals surface area contributed by atoms with E-state index in [9.17, 15) is 4.39 Å². The summed E-state index contributed by atoms with van der Waals surface area (Å²) in [6, 6.07) is 24.9. The zero-order chi connectivity index (χ0) is 25.7. The molecule has 0 amide bonds. The first kappa shape index (κ1) is 24.4. The van der Waals surface area contributed by atoms with E-state index < -0.39 is 5.95 Å². The number of H-pyrrole nitrogens is 1. The summed E-state index contributed by atoms with van der Waals surface area (Å²) in [4.78, 5) is 19.4. The van der Waals surface area contributed by atoms with Gasteiger partial charge in [0, 0.05) is 37.6 Å². The number of nitrogens with one attached hydrogen (secondary N) is 2. The summed E-state index contributed by atoms with van der Waals surface area (Å²) in [5.41, 5.74) is 7.58. The number of hydrogen-bond acceptors (Lipinski definition) is 5. The third-order valence-corrected chi connectivity index (χ3v) is 7.29. The molecule has 2 aromatic carbocycles. The summed E-state index contributed by atoms with van der Waals surface area (Å²) < 4.78 is 13.8. The molecule has 0 fully saturated rings. The van der Waals surface area contributed by atoms with Crippen LogP contribution in [0, 0.1) is 5.95 Å². The van der Waals surface area contributed by atoms with E-state index in [0.717, 1.165) is 54.8 Å². The average Bonchev–Trinajstić information content (AvgIpc) is 3.37. The maximum atomic E-state index is 13.8. The van der Waals surface area contributed by atoms with Crippen LogP contribution >= 0.6 is 0 Å². The molecule has 1 aliphatic carbocycles. The van der Waals surface area contributed by atoms with Crippen molar-refractivity contribution in [3.8, 4) is 0 Å². The highest BCUT2D eigenvalue weighted by Crippen LogP contribution is 2.34. The smallest absolute Gasteiger partial charge is 0.217 e. The summed E-state index contributed by atoms with van der Waals surface area (Å²) in [7, 11) is 0. The number of nitrogens with zero attached hydrogens (tertiary/aromatic N) is 4. The van der Waals surface area contributed by atoms with Crippen molar-refractivity contribution >= 4 is 11.0 Å². The van der Waals surface area contributed by atoms with E-state index >= 15 is 0 Å². The van der Waals surface area contributed by atoms with Crippen molar-refractivity contribution in [2.75, 3.05) is 0 Å². The van der Waals surface area contributed by atoms with Gasteiger partial charge in [0.15, 0.2) is 0 Å². The van der Waals surface area contributed by atoms with E-state index in [4.69, 9.17) is 9.97 Å². The number of aryl methyl sites for hydroxylation is 1. The zero-order valence-electron chi connectivity index (χ0n) is 21.3. The highest BCUT2D eigenvalue weighted by molar-refractivity contribution is 5.74. The van der Waals surface area contributed by atoms with Crippen LogP contribution in [0.25, 0.3) is 11.0 Å². The number of aromatic amines is 1. The fourth-order valence-corrected chi connectivity index (χ4v) is 5.38. The predicted octanol–water partition coefficient (Wildman–Crippen LogP) is 5.86. The zero-order valence-corrected chi connectivity index (χ0v) is 21.3.